The van der Waals surface area contributed by atoms with Crippen LogP contribution in [0.1, 0.15) is 73.6 Å². The van der Waals surface area contributed by atoms with Crippen molar-refractivity contribution in [2.75, 3.05) is 25.0 Å². The van der Waals surface area contributed by atoms with Crippen LogP contribution >= 0.6 is 11.5 Å². The van der Waals surface area contributed by atoms with Crippen LogP contribution in [0.15, 0.2) is 12.3 Å². The number of carbonyl (C=O) groups is 1. The molecule has 1 fully saturated rings. The van der Waals surface area contributed by atoms with Crippen molar-refractivity contribution in [3.63, 3.8) is 0 Å². The van der Waals surface area contributed by atoms with Gasteiger partial charge in [-0.1, -0.05) is 32.2 Å². The Morgan fingerprint density at radius 1 is 1.26 bits per heavy atom. The molecule has 0 radical (unpaired) electrons. The van der Waals surface area contributed by atoms with Crippen molar-refractivity contribution >= 4 is 23.3 Å². The second kappa shape index (κ2) is 8.29. The zero-order chi connectivity index (χ0) is 19.6. The summed E-state index contributed by atoms with van der Waals surface area (Å²) >= 11 is 1.15. The summed E-state index contributed by atoms with van der Waals surface area (Å²) in [6.07, 6.45) is 3.57. The van der Waals surface area contributed by atoms with Gasteiger partial charge in [-0.3, -0.25) is 4.79 Å². The first-order valence-electron chi connectivity index (χ1n) is 9.55. The SMILES string of the molecule is CC(C)c1cc(N(C)C2CCCN(C(=O)c3cnns3)C2)nc(C(C)C)n1. The third kappa shape index (κ3) is 4.43. The van der Waals surface area contributed by atoms with E-state index in [1.807, 2.05) is 4.90 Å². The second-order valence-corrected chi connectivity index (χ2v) is 8.54. The molecule has 0 bridgehead atoms. The number of anilines is 1. The highest BCUT2D eigenvalue weighted by molar-refractivity contribution is 7.07. The Kier molecular flexibility index (Phi) is 6.04. The monoisotopic (exact) mass is 388 g/mol. The fourth-order valence-electron chi connectivity index (χ4n) is 3.27. The minimum Gasteiger partial charge on any atom is -0.355 e. The lowest BCUT2D eigenvalue weighted by molar-refractivity contribution is 0.0712. The molecule has 0 N–H and O–H groups in total. The standard InChI is InChI=1S/C19H28N6OS/c1-12(2)15-9-17(22-18(21-15)13(3)4)24(5)14-7-6-8-25(11-14)19(26)16-10-20-23-27-16/h9-10,12-14H,6-8,11H2,1-5H3. The molecular weight excluding hydrogens is 360 g/mol. The summed E-state index contributed by atoms with van der Waals surface area (Å²) in [5.41, 5.74) is 1.06. The number of hydrogen-bond donors (Lipinski definition) is 0. The molecule has 1 saturated heterocycles. The number of piperidine rings is 1. The van der Waals surface area contributed by atoms with E-state index >= 15 is 0 Å². The maximum Gasteiger partial charge on any atom is 0.267 e. The summed E-state index contributed by atoms with van der Waals surface area (Å²) in [6.45, 7) is 10.0. The van der Waals surface area contributed by atoms with Crippen LogP contribution in [0.25, 0.3) is 0 Å². The summed E-state index contributed by atoms with van der Waals surface area (Å²) in [7, 11) is 2.07. The zero-order valence-electron chi connectivity index (χ0n) is 16.7. The third-order valence-corrected chi connectivity index (χ3v) is 5.68. The first kappa shape index (κ1) is 19.7. The first-order valence-corrected chi connectivity index (χ1v) is 10.3. The lowest BCUT2D eigenvalue weighted by Gasteiger charge is -2.38. The van der Waals surface area contributed by atoms with E-state index < -0.39 is 0 Å². The number of carbonyl (C=O) groups excluding carboxylic acids is 1. The molecule has 2 aromatic rings. The highest BCUT2D eigenvalue weighted by Crippen LogP contribution is 2.25. The van der Waals surface area contributed by atoms with Gasteiger partial charge >= 0.3 is 0 Å². The average Bonchev–Trinajstić information content (AvgIpc) is 3.21. The van der Waals surface area contributed by atoms with Gasteiger partial charge in [0.2, 0.25) is 0 Å². The molecule has 8 heteroatoms. The zero-order valence-corrected chi connectivity index (χ0v) is 17.5. The molecule has 146 valence electrons. The van der Waals surface area contributed by atoms with E-state index in [9.17, 15) is 4.79 Å². The maximum atomic E-state index is 12.7. The minimum atomic E-state index is 0.0246. The maximum absolute atomic E-state index is 12.7. The highest BCUT2D eigenvalue weighted by Gasteiger charge is 2.29. The Hall–Kier alpha value is -2.09. The average molecular weight is 389 g/mol. The number of hydrogen-bond acceptors (Lipinski definition) is 7. The van der Waals surface area contributed by atoms with Gasteiger partial charge in [-0.15, -0.1) is 5.10 Å². The highest BCUT2D eigenvalue weighted by atomic mass is 32.1. The van der Waals surface area contributed by atoms with E-state index in [2.05, 4.69) is 55.3 Å². The van der Waals surface area contributed by atoms with Gasteiger partial charge in [-0.25, -0.2) is 9.97 Å². The molecule has 1 atom stereocenters. The van der Waals surface area contributed by atoms with Crippen LogP contribution in [-0.2, 0) is 0 Å². The Balaban J connectivity index is 1.80. The Morgan fingerprint density at radius 3 is 2.67 bits per heavy atom. The van der Waals surface area contributed by atoms with E-state index in [1.165, 1.54) is 0 Å². The normalized spacial score (nSPS) is 17.6. The van der Waals surface area contributed by atoms with Crippen LogP contribution in [0.5, 0.6) is 0 Å². The van der Waals surface area contributed by atoms with Crippen LogP contribution in [0.4, 0.5) is 5.82 Å². The topological polar surface area (TPSA) is 75.1 Å². The predicted octanol–water partition coefficient (Wildman–Crippen LogP) is 3.32. The summed E-state index contributed by atoms with van der Waals surface area (Å²) in [5, 5.41) is 3.79. The molecule has 1 unspecified atom stereocenters. The molecule has 2 aromatic heterocycles. The van der Waals surface area contributed by atoms with Crippen molar-refractivity contribution in [1.82, 2.24) is 24.5 Å². The van der Waals surface area contributed by atoms with E-state index in [4.69, 9.17) is 9.97 Å². The third-order valence-electron chi connectivity index (χ3n) is 5.02. The van der Waals surface area contributed by atoms with Crippen molar-refractivity contribution < 1.29 is 4.79 Å². The molecule has 7 nitrogen and oxygen atoms in total. The lowest BCUT2D eigenvalue weighted by atomic mass is 10.0. The quantitative estimate of drug-likeness (QED) is 0.782. The van der Waals surface area contributed by atoms with Gasteiger partial charge in [0.1, 0.15) is 16.5 Å². The molecule has 1 aliphatic heterocycles. The molecule has 3 heterocycles. The molecule has 3 rings (SSSR count). The number of aromatic nitrogens is 4. The number of likely N-dealkylation sites (tertiary alicyclic amines) is 1. The number of amides is 1. The van der Waals surface area contributed by atoms with Crippen LogP contribution in [0.3, 0.4) is 0 Å². The number of likely N-dealkylation sites (N-methyl/N-ethyl adjacent to an activating group) is 1. The summed E-state index contributed by atoms with van der Waals surface area (Å²) in [5.74, 6) is 2.47. The summed E-state index contributed by atoms with van der Waals surface area (Å²) in [6, 6.07) is 2.32. The van der Waals surface area contributed by atoms with Gasteiger partial charge in [0.15, 0.2) is 0 Å². The van der Waals surface area contributed by atoms with Gasteiger partial charge in [0.05, 0.1) is 6.20 Å². The first-order chi connectivity index (χ1) is 12.9. The minimum absolute atomic E-state index is 0.0246. The lowest BCUT2D eigenvalue weighted by Crippen LogP contribution is -2.49. The molecule has 1 amide bonds. The Bertz CT molecular complexity index is 750. The molecule has 0 aromatic carbocycles. The number of rotatable bonds is 5. The van der Waals surface area contributed by atoms with E-state index in [1.54, 1.807) is 6.20 Å². The van der Waals surface area contributed by atoms with Gasteiger partial charge in [0.25, 0.3) is 5.91 Å². The van der Waals surface area contributed by atoms with Crippen LogP contribution in [0, 0.1) is 0 Å². The summed E-state index contributed by atoms with van der Waals surface area (Å²) in [4.78, 5) is 26.9. The smallest absolute Gasteiger partial charge is 0.267 e. The Morgan fingerprint density at radius 2 is 2.04 bits per heavy atom. The van der Waals surface area contributed by atoms with Crippen molar-refractivity contribution in [3.05, 3.63) is 28.7 Å². The van der Waals surface area contributed by atoms with Crippen LogP contribution in [0.2, 0.25) is 0 Å². The van der Waals surface area contributed by atoms with Crippen molar-refractivity contribution in [2.24, 2.45) is 0 Å². The van der Waals surface area contributed by atoms with Crippen molar-refractivity contribution in [2.45, 2.75) is 58.4 Å². The molecular formula is C19H28N6OS. The summed E-state index contributed by atoms with van der Waals surface area (Å²) < 4.78 is 3.81. The Labute approximate surface area is 165 Å². The number of nitrogens with zero attached hydrogens (tertiary/aromatic N) is 6. The van der Waals surface area contributed by atoms with Crippen LogP contribution in [-0.4, -0.2) is 56.5 Å². The van der Waals surface area contributed by atoms with Crippen molar-refractivity contribution in [3.8, 4) is 0 Å². The van der Waals surface area contributed by atoms with E-state index in [-0.39, 0.29) is 17.9 Å². The van der Waals surface area contributed by atoms with Crippen molar-refractivity contribution in [1.29, 1.82) is 0 Å². The molecule has 0 spiro atoms. The largest absolute Gasteiger partial charge is 0.355 e. The fraction of sp³-hybridized carbons (Fsp3) is 0.632. The second-order valence-electron chi connectivity index (χ2n) is 7.76. The van der Waals surface area contributed by atoms with Gasteiger partial charge in [0, 0.05) is 43.9 Å². The molecule has 1 aliphatic rings. The van der Waals surface area contributed by atoms with Crippen LogP contribution < -0.4 is 4.90 Å². The predicted molar refractivity (Wildman–Crippen MR) is 107 cm³/mol. The van der Waals surface area contributed by atoms with Gasteiger partial charge < -0.3 is 9.80 Å². The molecule has 27 heavy (non-hydrogen) atoms. The van der Waals surface area contributed by atoms with E-state index in [0.717, 1.165) is 48.3 Å². The fourth-order valence-corrected chi connectivity index (χ4v) is 3.75. The molecule has 0 saturated carbocycles. The van der Waals surface area contributed by atoms with E-state index in [0.29, 0.717) is 17.3 Å². The molecule has 0 aliphatic carbocycles. The van der Waals surface area contributed by atoms with Gasteiger partial charge in [-0.2, -0.15) is 0 Å². The van der Waals surface area contributed by atoms with Gasteiger partial charge in [-0.05, 0) is 30.3 Å².